The molecule has 0 fully saturated rings. The van der Waals surface area contributed by atoms with E-state index in [0.29, 0.717) is 16.5 Å². The van der Waals surface area contributed by atoms with Gasteiger partial charge in [-0.2, -0.15) is 0 Å². The summed E-state index contributed by atoms with van der Waals surface area (Å²) in [6.45, 7) is 0. The Bertz CT molecular complexity index is 665. The van der Waals surface area contributed by atoms with Crippen LogP contribution in [0.2, 0.25) is 0 Å². The molecule has 0 bridgehead atoms. The third kappa shape index (κ3) is 1.58. The fourth-order valence-corrected chi connectivity index (χ4v) is 2.28. The van der Waals surface area contributed by atoms with Crippen molar-refractivity contribution in [3.05, 3.63) is 30.3 Å². The highest BCUT2D eigenvalue weighted by Gasteiger charge is 2.09. The standard InChI is InChI=1S/C10H10N2O3S/c11-8-5-4-6-7(10(8)12)2-1-3-9(6)16(13,14)15/h1-5H,11-12H2,(H,13,14,15)/p-1. The number of anilines is 2. The van der Waals surface area contributed by atoms with E-state index in [1.165, 1.54) is 24.3 Å². The van der Waals surface area contributed by atoms with Gasteiger partial charge in [0.05, 0.1) is 16.3 Å². The predicted molar refractivity (Wildman–Crippen MR) is 60.7 cm³/mol. The van der Waals surface area contributed by atoms with Gasteiger partial charge in [-0.1, -0.05) is 18.2 Å². The molecule has 0 aliphatic rings. The minimum atomic E-state index is -4.51. The summed E-state index contributed by atoms with van der Waals surface area (Å²) >= 11 is 0. The molecule has 0 amide bonds. The third-order valence-electron chi connectivity index (χ3n) is 2.37. The van der Waals surface area contributed by atoms with Gasteiger partial charge in [0.1, 0.15) is 10.1 Å². The Morgan fingerprint density at radius 3 is 2.31 bits per heavy atom. The minimum absolute atomic E-state index is 0.281. The summed E-state index contributed by atoms with van der Waals surface area (Å²) in [5, 5.41) is 0.765. The zero-order valence-electron chi connectivity index (χ0n) is 8.17. The Kier molecular flexibility index (Phi) is 2.25. The van der Waals surface area contributed by atoms with Gasteiger partial charge in [0, 0.05) is 10.8 Å². The van der Waals surface area contributed by atoms with Crippen LogP contribution in [0.3, 0.4) is 0 Å². The first-order valence-electron chi connectivity index (χ1n) is 4.44. The van der Waals surface area contributed by atoms with Crippen LogP contribution in [0.1, 0.15) is 0 Å². The van der Waals surface area contributed by atoms with E-state index in [-0.39, 0.29) is 10.6 Å². The third-order valence-corrected chi connectivity index (χ3v) is 3.26. The van der Waals surface area contributed by atoms with Crippen molar-refractivity contribution in [2.45, 2.75) is 4.90 Å². The summed E-state index contributed by atoms with van der Waals surface area (Å²) in [5.74, 6) is 0. The summed E-state index contributed by atoms with van der Waals surface area (Å²) in [4.78, 5) is -0.281. The first-order chi connectivity index (χ1) is 7.41. The number of nitrogens with two attached hydrogens (primary N) is 2. The van der Waals surface area contributed by atoms with E-state index in [1.807, 2.05) is 0 Å². The summed E-state index contributed by atoms with van der Waals surface area (Å²) in [6.07, 6.45) is 0. The number of nitrogen functional groups attached to an aromatic ring is 2. The Labute approximate surface area is 92.4 Å². The Hall–Kier alpha value is -1.79. The Balaban J connectivity index is 2.96. The van der Waals surface area contributed by atoms with Crippen molar-refractivity contribution in [2.24, 2.45) is 0 Å². The molecule has 2 rings (SSSR count). The number of hydrogen-bond acceptors (Lipinski definition) is 5. The van der Waals surface area contributed by atoms with Gasteiger partial charge in [0.15, 0.2) is 0 Å². The lowest BCUT2D eigenvalue weighted by Crippen LogP contribution is -2.01. The van der Waals surface area contributed by atoms with Crippen LogP contribution in [-0.4, -0.2) is 13.0 Å². The lowest BCUT2D eigenvalue weighted by atomic mass is 10.1. The summed E-state index contributed by atoms with van der Waals surface area (Å²) in [7, 11) is -4.51. The summed E-state index contributed by atoms with van der Waals surface area (Å²) < 4.78 is 33.0. The zero-order valence-corrected chi connectivity index (χ0v) is 8.99. The second-order valence-electron chi connectivity index (χ2n) is 3.37. The molecule has 0 atom stereocenters. The largest absolute Gasteiger partial charge is 0.744 e. The molecule has 0 unspecified atom stereocenters. The van der Waals surface area contributed by atoms with Crippen molar-refractivity contribution < 1.29 is 13.0 Å². The molecule has 5 nitrogen and oxygen atoms in total. The van der Waals surface area contributed by atoms with E-state index in [4.69, 9.17) is 11.5 Å². The molecule has 84 valence electrons. The maximum absolute atomic E-state index is 11.0. The van der Waals surface area contributed by atoms with E-state index in [9.17, 15) is 13.0 Å². The summed E-state index contributed by atoms with van der Waals surface area (Å²) in [6, 6.07) is 7.29. The van der Waals surface area contributed by atoms with E-state index < -0.39 is 10.1 Å². The number of benzene rings is 2. The molecule has 0 aliphatic heterocycles. The predicted octanol–water partition coefficient (Wildman–Crippen LogP) is 0.908. The van der Waals surface area contributed by atoms with Gasteiger partial charge >= 0.3 is 0 Å². The topological polar surface area (TPSA) is 109 Å². The highest BCUT2D eigenvalue weighted by atomic mass is 32.2. The molecule has 0 aliphatic carbocycles. The molecule has 0 aromatic heterocycles. The first-order valence-corrected chi connectivity index (χ1v) is 5.84. The Morgan fingerprint density at radius 2 is 1.69 bits per heavy atom. The van der Waals surface area contributed by atoms with Crippen LogP contribution >= 0.6 is 0 Å². The van der Waals surface area contributed by atoms with Crippen LogP contribution in [0.15, 0.2) is 35.2 Å². The average molecular weight is 237 g/mol. The van der Waals surface area contributed by atoms with Crippen LogP contribution < -0.4 is 11.5 Å². The van der Waals surface area contributed by atoms with E-state index in [1.54, 1.807) is 6.07 Å². The van der Waals surface area contributed by atoms with Gasteiger partial charge in [-0.05, 0) is 12.1 Å². The van der Waals surface area contributed by atoms with Gasteiger partial charge in [-0.3, -0.25) is 0 Å². The monoisotopic (exact) mass is 237 g/mol. The van der Waals surface area contributed by atoms with Crippen LogP contribution in [0.5, 0.6) is 0 Å². The van der Waals surface area contributed by atoms with E-state index in [2.05, 4.69) is 0 Å². The van der Waals surface area contributed by atoms with Crippen molar-refractivity contribution in [1.29, 1.82) is 0 Å². The molecular formula is C10H9N2O3S-. The van der Waals surface area contributed by atoms with Crippen LogP contribution in [-0.2, 0) is 10.1 Å². The second kappa shape index (κ2) is 3.36. The number of rotatable bonds is 1. The molecule has 0 heterocycles. The fourth-order valence-electron chi connectivity index (χ4n) is 1.59. The maximum atomic E-state index is 11.0. The molecule has 0 spiro atoms. The zero-order chi connectivity index (χ0) is 11.9. The lowest BCUT2D eigenvalue weighted by molar-refractivity contribution is 0.464. The highest BCUT2D eigenvalue weighted by Crippen LogP contribution is 2.30. The molecule has 2 aromatic rings. The molecule has 0 radical (unpaired) electrons. The Morgan fingerprint density at radius 1 is 1.00 bits per heavy atom. The van der Waals surface area contributed by atoms with Crippen molar-refractivity contribution in [3.8, 4) is 0 Å². The molecule has 16 heavy (non-hydrogen) atoms. The molecule has 0 saturated heterocycles. The molecule has 4 N–H and O–H groups in total. The van der Waals surface area contributed by atoms with E-state index in [0.717, 1.165) is 0 Å². The fraction of sp³-hybridized carbons (Fsp3) is 0. The van der Waals surface area contributed by atoms with Crippen LogP contribution in [0.25, 0.3) is 10.8 Å². The maximum Gasteiger partial charge on any atom is 0.125 e. The normalized spacial score (nSPS) is 11.8. The van der Waals surface area contributed by atoms with Gasteiger partial charge < -0.3 is 16.0 Å². The first kappa shape index (κ1) is 10.7. The molecule has 2 aromatic carbocycles. The highest BCUT2D eigenvalue weighted by molar-refractivity contribution is 7.86. The minimum Gasteiger partial charge on any atom is -0.744 e. The van der Waals surface area contributed by atoms with E-state index >= 15 is 0 Å². The summed E-state index contributed by atoms with van der Waals surface area (Å²) in [5.41, 5.74) is 11.9. The van der Waals surface area contributed by atoms with Crippen LogP contribution in [0, 0.1) is 0 Å². The van der Waals surface area contributed by atoms with Gasteiger partial charge in [-0.25, -0.2) is 8.42 Å². The molecule has 0 saturated carbocycles. The van der Waals surface area contributed by atoms with Gasteiger partial charge in [-0.15, -0.1) is 0 Å². The molecule has 6 heteroatoms. The smallest absolute Gasteiger partial charge is 0.125 e. The number of fused-ring (bicyclic) bond motifs is 1. The quantitative estimate of drug-likeness (QED) is 0.565. The van der Waals surface area contributed by atoms with Crippen molar-refractivity contribution >= 4 is 32.3 Å². The van der Waals surface area contributed by atoms with Crippen LogP contribution in [0.4, 0.5) is 11.4 Å². The van der Waals surface area contributed by atoms with Gasteiger partial charge in [0.25, 0.3) is 0 Å². The lowest BCUT2D eigenvalue weighted by Gasteiger charge is -2.12. The second-order valence-corrected chi connectivity index (χ2v) is 4.72. The van der Waals surface area contributed by atoms with Crippen molar-refractivity contribution in [1.82, 2.24) is 0 Å². The van der Waals surface area contributed by atoms with Gasteiger partial charge in [0.2, 0.25) is 0 Å². The average Bonchev–Trinajstić information content (AvgIpc) is 2.21. The molecular weight excluding hydrogens is 228 g/mol. The SMILES string of the molecule is Nc1ccc2c(S(=O)(=O)[O-])cccc2c1N. The van der Waals surface area contributed by atoms with Crippen molar-refractivity contribution in [3.63, 3.8) is 0 Å². The number of hydrogen-bond donors (Lipinski definition) is 2. The van der Waals surface area contributed by atoms with Crippen molar-refractivity contribution in [2.75, 3.05) is 11.5 Å².